The summed E-state index contributed by atoms with van der Waals surface area (Å²) in [6, 6.07) is 8.72. The fourth-order valence-corrected chi connectivity index (χ4v) is 9.63. The number of hydrogen-bond donors (Lipinski definition) is 0. The smallest absolute Gasteiger partial charge is 0.352 e. The van der Waals surface area contributed by atoms with Crippen LogP contribution >= 0.6 is 0 Å². The van der Waals surface area contributed by atoms with Crippen LogP contribution in [0.2, 0.25) is 5.54 Å². The maximum atomic E-state index is 6.23. The minimum absolute atomic E-state index is 0.355. The van der Waals surface area contributed by atoms with Crippen LogP contribution in [0.5, 0.6) is 0 Å². The molecule has 1 aromatic carbocycles. The van der Waals surface area contributed by atoms with Gasteiger partial charge in [0.15, 0.2) is 0 Å². The van der Waals surface area contributed by atoms with Gasteiger partial charge in [0.25, 0.3) is 0 Å². The fraction of sp³-hybridized carbons (Fsp3) is 0.556. The lowest BCUT2D eigenvalue weighted by atomic mass is 10.0. The highest BCUT2D eigenvalue weighted by Gasteiger charge is 2.59. The van der Waals surface area contributed by atoms with Crippen molar-refractivity contribution in [3.63, 3.8) is 0 Å². The van der Waals surface area contributed by atoms with Gasteiger partial charge in [-0.3, -0.25) is 0 Å². The van der Waals surface area contributed by atoms with E-state index in [9.17, 15) is 0 Å². The van der Waals surface area contributed by atoms with Crippen LogP contribution in [0, 0.1) is 11.8 Å². The molecule has 3 aliphatic rings. The van der Waals surface area contributed by atoms with Crippen LogP contribution in [0.3, 0.4) is 0 Å². The average molecular weight is 300 g/mol. The van der Waals surface area contributed by atoms with Gasteiger partial charge in [0.1, 0.15) is 0 Å². The highest BCUT2D eigenvalue weighted by molar-refractivity contribution is 6.71. The van der Waals surface area contributed by atoms with Crippen molar-refractivity contribution in [3.05, 3.63) is 41.5 Å². The molecule has 3 aliphatic carbocycles. The Bertz CT molecular complexity index is 564. The van der Waals surface area contributed by atoms with Gasteiger partial charge in [-0.2, -0.15) is 0 Å². The van der Waals surface area contributed by atoms with Crippen LogP contribution in [0.1, 0.15) is 42.4 Å². The Balaban J connectivity index is 1.74. The molecule has 1 aromatic rings. The van der Waals surface area contributed by atoms with Crippen LogP contribution in [0.25, 0.3) is 6.08 Å². The molecule has 0 aliphatic heterocycles. The summed E-state index contributed by atoms with van der Waals surface area (Å²) >= 11 is 0. The maximum absolute atomic E-state index is 6.23. The van der Waals surface area contributed by atoms with Gasteiger partial charge in [-0.1, -0.05) is 49.3 Å². The fourth-order valence-electron chi connectivity index (χ4n) is 5.21. The summed E-state index contributed by atoms with van der Waals surface area (Å²) in [6.45, 7) is 0. The van der Waals surface area contributed by atoms with Crippen molar-refractivity contribution < 1.29 is 8.85 Å². The van der Waals surface area contributed by atoms with Gasteiger partial charge in [0.05, 0.1) is 0 Å². The second kappa shape index (κ2) is 5.08. The predicted octanol–water partition coefficient (Wildman–Crippen LogP) is 4.26. The zero-order chi connectivity index (χ0) is 14.4. The molecule has 0 saturated heterocycles. The van der Waals surface area contributed by atoms with Crippen LogP contribution in [-0.4, -0.2) is 22.8 Å². The molecule has 0 aromatic heterocycles. The van der Waals surface area contributed by atoms with E-state index in [4.69, 9.17) is 8.85 Å². The molecule has 2 fully saturated rings. The summed E-state index contributed by atoms with van der Waals surface area (Å²) < 4.78 is 12.5. The Morgan fingerprint density at radius 3 is 2.52 bits per heavy atom. The van der Waals surface area contributed by atoms with E-state index < -0.39 is 8.56 Å². The first kappa shape index (κ1) is 13.7. The molecule has 4 unspecified atom stereocenters. The molecule has 2 nitrogen and oxygen atoms in total. The quantitative estimate of drug-likeness (QED) is 0.773. The lowest BCUT2D eigenvalue weighted by Gasteiger charge is -2.41. The highest BCUT2D eigenvalue weighted by atomic mass is 28.4. The summed E-state index contributed by atoms with van der Waals surface area (Å²) in [5.41, 5.74) is 3.77. The summed E-state index contributed by atoms with van der Waals surface area (Å²) in [6.07, 6.45) is 10.1. The number of hydrogen-bond acceptors (Lipinski definition) is 2. The molecule has 4 atom stereocenters. The van der Waals surface area contributed by atoms with Crippen LogP contribution in [0.15, 0.2) is 30.3 Å². The third kappa shape index (κ3) is 1.91. The Morgan fingerprint density at radius 1 is 1.05 bits per heavy atom. The van der Waals surface area contributed by atoms with Crippen LogP contribution in [-0.2, 0) is 8.85 Å². The molecule has 0 N–H and O–H groups in total. The summed E-state index contributed by atoms with van der Waals surface area (Å²) in [5.74, 6) is 1.76. The van der Waals surface area contributed by atoms with Gasteiger partial charge in [-0.25, -0.2) is 0 Å². The molecule has 3 heteroatoms. The largest absolute Gasteiger partial charge is 0.397 e. The first-order valence-electron chi connectivity index (χ1n) is 8.16. The van der Waals surface area contributed by atoms with Gasteiger partial charge in [0, 0.05) is 25.3 Å². The van der Waals surface area contributed by atoms with Crippen LogP contribution in [0.4, 0.5) is 0 Å². The molecule has 0 spiro atoms. The van der Waals surface area contributed by atoms with E-state index in [1.165, 1.54) is 36.8 Å². The van der Waals surface area contributed by atoms with Gasteiger partial charge in [-0.15, -0.1) is 0 Å². The van der Waals surface area contributed by atoms with Crippen molar-refractivity contribution in [3.8, 4) is 0 Å². The lowest BCUT2D eigenvalue weighted by molar-refractivity contribution is 0.206. The standard InChI is InChI=1S/C18H24O2Si/c1-19-21(20-2,18-12-13-7-8-15(18)11-13)17-10-9-14-5-3-4-6-16(14)17/h3-6,9-10,13,15,17-18H,7-8,11-12H2,1-2H3. The third-order valence-electron chi connectivity index (χ3n) is 6.13. The Hall–Kier alpha value is -0.903. The minimum atomic E-state index is -2.27. The zero-order valence-corrected chi connectivity index (χ0v) is 13.9. The average Bonchev–Trinajstić information content (AvgIpc) is 3.24. The summed E-state index contributed by atoms with van der Waals surface area (Å²) in [4.78, 5) is 0. The van der Waals surface area contributed by atoms with E-state index in [0.717, 1.165) is 11.8 Å². The van der Waals surface area contributed by atoms with Crippen molar-refractivity contribution in [2.45, 2.75) is 36.8 Å². The van der Waals surface area contributed by atoms with Gasteiger partial charge in [-0.05, 0) is 35.8 Å². The predicted molar refractivity (Wildman–Crippen MR) is 87.2 cm³/mol. The van der Waals surface area contributed by atoms with Crippen molar-refractivity contribution in [1.29, 1.82) is 0 Å². The molecular formula is C18H24O2Si. The second-order valence-corrected chi connectivity index (χ2v) is 10.5. The van der Waals surface area contributed by atoms with E-state index in [-0.39, 0.29) is 0 Å². The van der Waals surface area contributed by atoms with Crippen molar-refractivity contribution in [1.82, 2.24) is 0 Å². The van der Waals surface area contributed by atoms with E-state index >= 15 is 0 Å². The molecule has 0 radical (unpaired) electrons. The number of fused-ring (bicyclic) bond motifs is 3. The molecule has 4 rings (SSSR count). The van der Waals surface area contributed by atoms with Crippen LogP contribution < -0.4 is 0 Å². The van der Waals surface area contributed by atoms with Gasteiger partial charge in [0.2, 0.25) is 0 Å². The maximum Gasteiger partial charge on any atom is 0.352 e. The Labute approximate surface area is 128 Å². The summed E-state index contributed by atoms with van der Waals surface area (Å²) in [5, 5.41) is 0. The lowest BCUT2D eigenvalue weighted by Crippen LogP contribution is -2.52. The number of allylic oxidation sites excluding steroid dienone is 1. The van der Waals surface area contributed by atoms with Crippen molar-refractivity contribution >= 4 is 14.6 Å². The highest BCUT2D eigenvalue weighted by Crippen LogP contribution is 2.59. The van der Waals surface area contributed by atoms with Crippen molar-refractivity contribution in [2.75, 3.05) is 14.2 Å². The first-order chi connectivity index (χ1) is 10.3. The minimum Gasteiger partial charge on any atom is -0.397 e. The molecule has 21 heavy (non-hydrogen) atoms. The number of rotatable bonds is 4. The number of benzene rings is 1. The zero-order valence-electron chi connectivity index (χ0n) is 12.9. The topological polar surface area (TPSA) is 18.5 Å². The van der Waals surface area contributed by atoms with E-state index in [1.807, 2.05) is 14.2 Å². The molecule has 0 heterocycles. The van der Waals surface area contributed by atoms with Crippen molar-refractivity contribution in [2.24, 2.45) is 11.8 Å². The van der Waals surface area contributed by atoms with E-state index in [0.29, 0.717) is 11.1 Å². The molecule has 112 valence electrons. The molecule has 2 bridgehead atoms. The molecule has 0 amide bonds. The normalized spacial score (nSPS) is 33.6. The van der Waals surface area contributed by atoms with Gasteiger partial charge < -0.3 is 8.85 Å². The third-order valence-corrected chi connectivity index (χ3v) is 10.5. The van der Waals surface area contributed by atoms with E-state index in [2.05, 4.69) is 36.4 Å². The Kier molecular flexibility index (Phi) is 3.32. The van der Waals surface area contributed by atoms with Gasteiger partial charge >= 0.3 is 8.56 Å². The monoisotopic (exact) mass is 300 g/mol. The first-order valence-corrected chi connectivity index (χ1v) is 10.1. The molecule has 2 saturated carbocycles. The SMILES string of the molecule is CO[Si](OC)(C1C=Cc2ccccc21)C1CC2CCC1C2. The Morgan fingerprint density at radius 2 is 1.86 bits per heavy atom. The second-order valence-electron chi connectivity index (χ2n) is 6.88. The summed E-state index contributed by atoms with van der Waals surface area (Å²) in [7, 11) is 1.50. The van der Waals surface area contributed by atoms with E-state index in [1.54, 1.807) is 0 Å². The molecular weight excluding hydrogens is 276 g/mol.